The van der Waals surface area contributed by atoms with Crippen molar-refractivity contribution in [3.8, 4) is 5.75 Å². The Morgan fingerprint density at radius 1 is 1.58 bits per heavy atom. The summed E-state index contributed by atoms with van der Waals surface area (Å²) in [6, 6.07) is 6.07. The summed E-state index contributed by atoms with van der Waals surface area (Å²) in [5.74, 6) is 0.904. The summed E-state index contributed by atoms with van der Waals surface area (Å²) in [4.78, 5) is 0. The molecule has 1 aliphatic heterocycles. The standard InChI is InChI=1S/C9H10ClNO/c1-11-8-5-12-9-4-6(10)2-3-7(8)9/h2-4,8,11H,5H2,1H3. The second-order valence-electron chi connectivity index (χ2n) is 2.83. The Bertz CT molecular complexity index is 301. The zero-order valence-corrected chi connectivity index (χ0v) is 7.56. The number of rotatable bonds is 1. The van der Waals surface area contributed by atoms with Gasteiger partial charge in [0.05, 0.1) is 6.04 Å². The van der Waals surface area contributed by atoms with Crippen LogP contribution in [0.4, 0.5) is 0 Å². The Balaban J connectivity index is 2.40. The monoisotopic (exact) mass is 183 g/mol. The average molecular weight is 184 g/mol. The summed E-state index contributed by atoms with van der Waals surface area (Å²) in [6.07, 6.45) is 0. The first kappa shape index (κ1) is 7.90. The molecule has 1 N–H and O–H groups in total. The highest BCUT2D eigenvalue weighted by molar-refractivity contribution is 6.30. The van der Waals surface area contributed by atoms with Crippen molar-refractivity contribution < 1.29 is 4.74 Å². The van der Waals surface area contributed by atoms with E-state index in [1.807, 2.05) is 25.2 Å². The minimum atomic E-state index is 0.317. The lowest BCUT2D eigenvalue weighted by atomic mass is 10.1. The zero-order chi connectivity index (χ0) is 8.55. The smallest absolute Gasteiger partial charge is 0.125 e. The Labute approximate surface area is 76.5 Å². The van der Waals surface area contributed by atoms with E-state index in [0.717, 1.165) is 10.8 Å². The molecule has 3 heteroatoms. The number of likely N-dealkylation sites (N-methyl/N-ethyl adjacent to an activating group) is 1. The Hall–Kier alpha value is -0.730. The van der Waals surface area contributed by atoms with Gasteiger partial charge in [-0.15, -0.1) is 0 Å². The molecule has 0 bridgehead atoms. The summed E-state index contributed by atoms with van der Waals surface area (Å²) >= 11 is 5.81. The van der Waals surface area contributed by atoms with E-state index in [1.54, 1.807) is 0 Å². The molecule has 0 aromatic heterocycles. The van der Waals surface area contributed by atoms with Gasteiger partial charge in [0.2, 0.25) is 0 Å². The molecular weight excluding hydrogens is 174 g/mol. The normalized spacial score (nSPS) is 20.3. The fourth-order valence-electron chi connectivity index (χ4n) is 1.42. The van der Waals surface area contributed by atoms with Crippen molar-refractivity contribution in [2.45, 2.75) is 6.04 Å². The number of halogens is 1. The molecule has 1 atom stereocenters. The van der Waals surface area contributed by atoms with Gasteiger partial charge in [0.25, 0.3) is 0 Å². The highest BCUT2D eigenvalue weighted by Crippen LogP contribution is 2.33. The van der Waals surface area contributed by atoms with Gasteiger partial charge in [-0.3, -0.25) is 0 Å². The first-order chi connectivity index (χ1) is 5.81. The largest absolute Gasteiger partial charge is 0.491 e. The van der Waals surface area contributed by atoms with E-state index >= 15 is 0 Å². The maximum absolute atomic E-state index is 5.81. The first-order valence-corrected chi connectivity index (χ1v) is 4.28. The molecule has 0 radical (unpaired) electrons. The molecule has 1 aromatic rings. The molecule has 1 aromatic carbocycles. The van der Waals surface area contributed by atoms with Crippen molar-refractivity contribution in [2.24, 2.45) is 0 Å². The Morgan fingerprint density at radius 2 is 2.42 bits per heavy atom. The van der Waals surface area contributed by atoms with Gasteiger partial charge in [-0.2, -0.15) is 0 Å². The third kappa shape index (κ3) is 1.17. The number of nitrogens with one attached hydrogen (secondary N) is 1. The van der Waals surface area contributed by atoms with Crippen LogP contribution in [-0.4, -0.2) is 13.7 Å². The van der Waals surface area contributed by atoms with Gasteiger partial charge in [-0.05, 0) is 19.2 Å². The first-order valence-electron chi connectivity index (χ1n) is 3.91. The summed E-state index contributed by atoms with van der Waals surface area (Å²) in [7, 11) is 1.93. The van der Waals surface area contributed by atoms with E-state index < -0.39 is 0 Å². The Kier molecular flexibility index (Phi) is 1.95. The average Bonchev–Trinajstić information content (AvgIpc) is 2.46. The van der Waals surface area contributed by atoms with Gasteiger partial charge < -0.3 is 10.1 Å². The molecule has 0 amide bonds. The van der Waals surface area contributed by atoms with Crippen LogP contribution < -0.4 is 10.1 Å². The summed E-state index contributed by atoms with van der Waals surface area (Å²) in [5, 5.41) is 3.90. The lowest BCUT2D eigenvalue weighted by Gasteiger charge is -2.05. The van der Waals surface area contributed by atoms with E-state index in [-0.39, 0.29) is 0 Å². The predicted molar refractivity (Wildman–Crippen MR) is 48.7 cm³/mol. The lowest BCUT2D eigenvalue weighted by molar-refractivity contribution is 0.318. The predicted octanol–water partition coefficient (Wildman–Crippen LogP) is 1.99. The van der Waals surface area contributed by atoms with Gasteiger partial charge in [-0.1, -0.05) is 17.7 Å². The number of benzene rings is 1. The van der Waals surface area contributed by atoms with E-state index in [2.05, 4.69) is 5.32 Å². The van der Waals surface area contributed by atoms with Gasteiger partial charge in [0.1, 0.15) is 12.4 Å². The van der Waals surface area contributed by atoms with Crippen molar-refractivity contribution >= 4 is 11.6 Å². The lowest BCUT2D eigenvalue weighted by Crippen LogP contribution is -2.16. The van der Waals surface area contributed by atoms with Crippen LogP contribution in [0.3, 0.4) is 0 Å². The molecule has 2 nitrogen and oxygen atoms in total. The minimum absolute atomic E-state index is 0.317. The minimum Gasteiger partial charge on any atom is -0.491 e. The van der Waals surface area contributed by atoms with Gasteiger partial charge in [0.15, 0.2) is 0 Å². The second kappa shape index (κ2) is 2.96. The molecule has 0 spiro atoms. The molecule has 12 heavy (non-hydrogen) atoms. The third-order valence-electron chi connectivity index (χ3n) is 2.10. The molecule has 64 valence electrons. The van der Waals surface area contributed by atoms with Crippen molar-refractivity contribution in [3.63, 3.8) is 0 Å². The quantitative estimate of drug-likeness (QED) is 0.719. The van der Waals surface area contributed by atoms with Crippen LogP contribution in [0, 0.1) is 0 Å². The number of ether oxygens (including phenoxy) is 1. The number of hydrogen-bond acceptors (Lipinski definition) is 2. The molecule has 0 saturated carbocycles. The zero-order valence-electron chi connectivity index (χ0n) is 6.80. The topological polar surface area (TPSA) is 21.3 Å². The fourth-order valence-corrected chi connectivity index (χ4v) is 1.58. The molecule has 1 unspecified atom stereocenters. The van der Waals surface area contributed by atoms with Crippen LogP contribution in [-0.2, 0) is 0 Å². The highest BCUT2D eigenvalue weighted by atomic mass is 35.5. The van der Waals surface area contributed by atoms with Crippen molar-refractivity contribution in [1.82, 2.24) is 5.32 Å². The van der Waals surface area contributed by atoms with Crippen LogP contribution >= 0.6 is 11.6 Å². The van der Waals surface area contributed by atoms with Crippen LogP contribution in [0.5, 0.6) is 5.75 Å². The van der Waals surface area contributed by atoms with E-state index in [0.29, 0.717) is 12.6 Å². The summed E-state index contributed by atoms with van der Waals surface area (Å²) in [6.45, 7) is 0.701. The van der Waals surface area contributed by atoms with Gasteiger partial charge in [-0.25, -0.2) is 0 Å². The summed E-state index contributed by atoms with van der Waals surface area (Å²) < 4.78 is 5.44. The van der Waals surface area contributed by atoms with Gasteiger partial charge in [0, 0.05) is 10.6 Å². The highest BCUT2D eigenvalue weighted by Gasteiger charge is 2.21. The molecule has 0 aliphatic carbocycles. The maximum atomic E-state index is 5.81. The molecule has 1 heterocycles. The van der Waals surface area contributed by atoms with Crippen LogP contribution in [0.25, 0.3) is 0 Å². The molecule has 2 rings (SSSR count). The molecule has 0 saturated heterocycles. The summed E-state index contributed by atoms with van der Waals surface area (Å²) in [5.41, 5.74) is 1.20. The van der Waals surface area contributed by atoms with E-state index in [9.17, 15) is 0 Å². The maximum Gasteiger partial charge on any atom is 0.125 e. The third-order valence-corrected chi connectivity index (χ3v) is 2.34. The van der Waals surface area contributed by atoms with E-state index in [1.165, 1.54) is 5.56 Å². The fraction of sp³-hybridized carbons (Fsp3) is 0.333. The van der Waals surface area contributed by atoms with Crippen LogP contribution in [0.2, 0.25) is 5.02 Å². The van der Waals surface area contributed by atoms with Crippen molar-refractivity contribution in [2.75, 3.05) is 13.7 Å². The molecule has 1 aliphatic rings. The number of hydrogen-bond donors (Lipinski definition) is 1. The van der Waals surface area contributed by atoms with Crippen LogP contribution in [0.15, 0.2) is 18.2 Å². The Morgan fingerprint density at radius 3 is 3.17 bits per heavy atom. The molecule has 0 fully saturated rings. The van der Waals surface area contributed by atoms with Crippen molar-refractivity contribution in [3.05, 3.63) is 28.8 Å². The number of fused-ring (bicyclic) bond motifs is 1. The van der Waals surface area contributed by atoms with Crippen LogP contribution in [0.1, 0.15) is 11.6 Å². The molecular formula is C9H10ClNO. The van der Waals surface area contributed by atoms with Gasteiger partial charge >= 0.3 is 0 Å². The SMILES string of the molecule is CNC1COc2cc(Cl)ccc21. The second-order valence-corrected chi connectivity index (χ2v) is 3.27. The van der Waals surface area contributed by atoms with E-state index in [4.69, 9.17) is 16.3 Å². The van der Waals surface area contributed by atoms with Crippen molar-refractivity contribution in [1.29, 1.82) is 0 Å².